The third kappa shape index (κ3) is 4.02. The lowest BCUT2D eigenvalue weighted by atomic mass is 9.78. The predicted octanol–water partition coefficient (Wildman–Crippen LogP) is 4.56. The Labute approximate surface area is 98.2 Å². The number of alkyl halides is 1. The van der Waals surface area contributed by atoms with Gasteiger partial charge in [-0.15, -0.1) is 11.6 Å². The lowest BCUT2D eigenvalue weighted by Gasteiger charge is -2.32. The van der Waals surface area contributed by atoms with Crippen molar-refractivity contribution < 1.29 is 0 Å². The Morgan fingerprint density at radius 3 is 2.79 bits per heavy atom. The summed E-state index contributed by atoms with van der Waals surface area (Å²) >= 11 is 8.33. The van der Waals surface area contributed by atoms with Gasteiger partial charge in [0.05, 0.1) is 0 Å². The van der Waals surface area contributed by atoms with Gasteiger partial charge in [-0.25, -0.2) is 0 Å². The fourth-order valence-corrected chi connectivity index (χ4v) is 3.29. The molecule has 14 heavy (non-hydrogen) atoms. The molecule has 3 atom stereocenters. The predicted molar refractivity (Wildman–Crippen MR) is 68.4 cm³/mol. The third-order valence-corrected chi connectivity index (χ3v) is 4.77. The van der Waals surface area contributed by atoms with E-state index in [1.807, 2.05) is 11.8 Å². The van der Waals surface area contributed by atoms with E-state index in [-0.39, 0.29) is 0 Å². The van der Waals surface area contributed by atoms with Crippen molar-refractivity contribution in [2.75, 3.05) is 12.0 Å². The minimum absolute atomic E-state index is 0.472. The number of hydrogen-bond acceptors (Lipinski definition) is 1. The van der Waals surface area contributed by atoms with Crippen LogP contribution in [0.4, 0.5) is 0 Å². The number of hydrogen-bond donors (Lipinski definition) is 0. The Morgan fingerprint density at radius 2 is 2.14 bits per heavy atom. The van der Waals surface area contributed by atoms with Crippen LogP contribution >= 0.6 is 23.4 Å². The summed E-state index contributed by atoms with van der Waals surface area (Å²) in [4.78, 5) is 0. The molecule has 0 spiro atoms. The average molecular weight is 235 g/mol. The largest absolute Gasteiger partial charge is 0.165 e. The number of halogens is 1. The summed E-state index contributed by atoms with van der Waals surface area (Å²) in [6.07, 6.45) is 10.3. The van der Waals surface area contributed by atoms with E-state index in [1.54, 1.807) is 0 Å². The number of thioether (sulfide) groups is 1. The van der Waals surface area contributed by atoms with Gasteiger partial charge < -0.3 is 0 Å². The van der Waals surface area contributed by atoms with Crippen molar-refractivity contribution in [2.24, 2.45) is 11.8 Å². The zero-order valence-corrected chi connectivity index (χ0v) is 11.0. The molecule has 0 nitrogen and oxygen atoms in total. The second kappa shape index (κ2) is 7.00. The van der Waals surface area contributed by atoms with Crippen LogP contribution in [0.3, 0.4) is 0 Å². The van der Waals surface area contributed by atoms with Crippen LogP contribution < -0.4 is 0 Å². The molecule has 0 aromatic rings. The van der Waals surface area contributed by atoms with Gasteiger partial charge in [-0.3, -0.25) is 0 Å². The van der Waals surface area contributed by atoms with Crippen LogP contribution in [-0.2, 0) is 0 Å². The van der Waals surface area contributed by atoms with E-state index >= 15 is 0 Å². The van der Waals surface area contributed by atoms with E-state index in [4.69, 9.17) is 11.6 Å². The molecule has 0 heterocycles. The Bertz CT molecular complexity index is 149. The first kappa shape index (κ1) is 12.7. The van der Waals surface area contributed by atoms with Crippen LogP contribution in [0.2, 0.25) is 0 Å². The Kier molecular flexibility index (Phi) is 6.36. The van der Waals surface area contributed by atoms with Crippen LogP contribution in [0, 0.1) is 11.8 Å². The van der Waals surface area contributed by atoms with Crippen molar-refractivity contribution >= 4 is 23.4 Å². The molecule has 0 amide bonds. The van der Waals surface area contributed by atoms with Gasteiger partial charge in [-0.05, 0) is 55.9 Å². The van der Waals surface area contributed by atoms with Gasteiger partial charge in [-0.2, -0.15) is 11.8 Å². The normalized spacial score (nSPS) is 33.2. The monoisotopic (exact) mass is 234 g/mol. The molecule has 0 aromatic heterocycles. The van der Waals surface area contributed by atoms with E-state index in [0.717, 1.165) is 11.8 Å². The van der Waals surface area contributed by atoms with Crippen LogP contribution in [0.5, 0.6) is 0 Å². The minimum atomic E-state index is 0.472. The maximum absolute atomic E-state index is 6.38. The molecular weight excluding hydrogens is 212 g/mol. The molecule has 84 valence electrons. The summed E-state index contributed by atoms with van der Waals surface area (Å²) in [6, 6.07) is 0. The molecular formula is C12H23ClS. The Morgan fingerprint density at radius 1 is 1.36 bits per heavy atom. The van der Waals surface area contributed by atoms with E-state index in [9.17, 15) is 0 Å². The molecule has 0 aromatic carbocycles. The van der Waals surface area contributed by atoms with E-state index in [1.165, 1.54) is 44.3 Å². The van der Waals surface area contributed by atoms with E-state index in [0.29, 0.717) is 5.38 Å². The van der Waals surface area contributed by atoms with Crippen molar-refractivity contribution in [3.05, 3.63) is 0 Å². The summed E-state index contributed by atoms with van der Waals surface area (Å²) in [6.45, 7) is 2.32. The molecule has 2 heteroatoms. The summed E-state index contributed by atoms with van der Waals surface area (Å²) in [7, 11) is 0. The van der Waals surface area contributed by atoms with Crippen molar-refractivity contribution in [2.45, 2.75) is 50.8 Å². The molecule has 1 aliphatic rings. The molecule has 0 saturated heterocycles. The molecule has 0 bridgehead atoms. The van der Waals surface area contributed by atoms with Gasteiger partial charge in [0.15, 0.2) is 0 Å². The van der Waals surface area contributed by atoms with Gasteiger partial charge in [0, 0.05) is 5.38 Å². The maximum Gasteiger partial charge on any atom is 0.0364 e. The fourth-order valence-electron chi connectivity index (χ4n) is 2.48. The lowest BCUT2D eigenvalue weighted by Crippen LogP contribution is -2.25. The first-order valence-corrected chi connectivity index (χ1v) is 7.74. The molecule has 1 aliphatic carbocycles. The highest BCUT2D eigenvalue weighted by atomic mass is 35.5. The average Bonchev–Trinajstić information content (AvgIpc) is 2.21. The molecule has 1 rings (SSSR count). The van der Waals surface area contributed by atoms with Gasteiger partial charge >= 0.3 is 0 Å². The van der Waals surface area contributed by atoms with Crippen LogP contribution in [-0.4, -0.2) is 17.4 Å². The first-order valence-electron chi connectivity index (χ1n) is 5.91. The SMILES string of the molecule is CCC1CCC(Cl)C(CCCSC)C1. The zero-order chi connectivity index (χ0) is 10.4. The molecule has 1 saturated carbocycles. The third-order valence-electron chi connectivity index (χ3n) is 3.50. The minimum Gasteiger partial charge on any atom is -0.165 e. The maximum atomic E-state index is 6.38. The molecule has 1 fully saturated rings. The van der Waals surface area contributed by atoms with Crippen molar-refractivity contribution in [3.8, 4) is 0 Å². The second-order valence-corrected chi connectivity index (χ2v) is 6.04. The Balaban J connectivity index is 2.25. The van der Waals surface area contributed by atoms with Crippen molar-refractivity contribution in [1.29, 1.82) is 0 Å². The summed E-state index contributed by atoms with van der Waals surface area (Å²) in [5, 5.41) is 0.472. The highest BCUT2D eigenvalue weighted by Crippen LogP contribution is 2.36. The molecule has 3 unspecified atom stereocenters. The standard InChI is InChI=1S/C12H23ClS/c1-3-10-6-7-12(13)11(9-10)5-4-8-14-2/h10-12H,3-9H2,1-2H3. The molecule has 0 N–H and O–H groups in total. The fraction of sp³-hybridized carbons (Fsp3) is 1.00. The summed E-state index contributed by atoms with van der Waals surface area (Å²) in [5.74, 6) is 3.07. The van der Waals surface area contributed by atoms with Gasteiger partial charge in [-0.1, -0.05) is 13.3 Å². The lowest BCUT2D eigenvalue weighted by molar-refractivity contribution is 0.254. The van der Waals surface area contributed by atoms with Crippen LogP contribution in [0.15, 0.2) is 0 Å². The topological polar surface area (TPSA) is 0 Å². The van der Waals surface area contributed by atoms with E-state index < -0.39 is 0 Å². The van der Waals surface area contributed by atoms with Crippen molar-refractivity contribution in [1.82, 2.24) is 0 Å². The molecule has 0 radical (unpaired) electrons. The Hall–Kier alpha value is 0.640. The van der Waals surface area contributed by atoms with Gasteiger partial charge in [0.1, 0.15) is 0 Å². The highest BCUT2D eigenvalue weighted by Gasteiger charge is 2.27. The smallest absolute Gasteiger partial charge is 0.0364 e. The second-order valence-electron chi connectivity index (χ2n) is 4.50. The summed E-state index contributed by atoms with van der Waals surface area (Å²) < 4.78 is 0. The first-order chi connectivity index (χ1) is 6.77. The zero-order valence-electron chi connectivity index (χ0n) is 9.47. The van der Waals surface area contributed by atoms with Gasteiger partial charge in [0.25, 0.3) is 0 Å². The van der Waals surface area contributed by atoms with Crippen molar-refractivity contribution in [3.63, 3.8) is 0 Å². The number of rotatable bonds is 5. The van der Waals surface area contributed by atoms with Gasteiger partial charge in [0.2, 0.25) is 0 Å². The van der Waals surface area contributed by atoms with E-state index in [2.05, 4.69) is 13.2 Å². The van der Waals surface area contributed by atoms with Crippen LogP contribution in [0.25, 0.3) is 0 Å². The molecule has 0 aliphatic heterocycles. The quantitative estimate of drug-likeness (QED) is 0.496. The van der Waals surface area contributed by atoms with Crippen LogP contribution in [0.1, 0.15) is 45.4 Å². The highest BCUT2D eigenvalue weighted by molar-refractivity contribution is 7.98. The summed E-state index contributed by atoms with van der Waals surface area (Å²) in [5.41, 5.74) is 0.